The fourth-order valence-corrected chi connectivity index (χ4v) is 3.45. The molecule has 4 aromatic rings. The van der Waals surface area contributed by atoms with Gasteiger partial charge in [0, 0.05) is 23.3 Å². The number of anilines is 3. The first-order valence-electron chi connectivity index (χ1n) is 10.4. The molecular formula is C24H19ClF3N5O2. The molecule has 0 radical (unpaired) electrons. The summed E-state index contributed by atoms with van der Waals surface area (Å²) in [5.41, 5.74) is 0.957. The predicted molar refractivity (Wildman–Crippen MR) is 128 cm³/mol. The van der Waals surface area contributed by atoms with Gasteiger partial charge in [0.05, 0.1) is 16.1 Å². The Hall–Kier alpha value is -4.05. The number of carbonyl (C=O) groups excluding carboxylic acids is 1. The Labute approximate surface area is 203 Å². The average molecular weight is 502 g/mol. The van der Waals surface area contributed by atoms with Gasteiger partial charge in [-0.1, -0.05) is 17.7 Å². The maximum absolute atomic E-state index is 13.0. The first-order valence-corrected chi connectivity index (χ1v) is 10.8. The number of halogens is 4. The van der Waals surface area contributed by atoms with E-state index in [1.54, 1.807) is 30.3 Å². The largest absolute Gasteiger partial charge is 0.456 e. The van der Waals surface area contributed by atoms with Gasteiger partial charge >= 0.3 is 12.2 Å². The van der Waals surface area contributed by atoms with Gasteiger partial charge in [-0.25, -0.2) is 14.8 Å². The van der Waals surface area contributed by atoms with Gasteiger partial charge < -0.3 is 20.7 Å². The Morgan fingerprint density at radius 3 is 2.57 bits per heavy atom. The number of amides is 2. The fourth-order valence-electron chi connectivity index (χ4n) is 3.23. The highest BCUT2D eigenvalue weighted by Crippen LogP contribution is 2.36. The summed E-state index contributed by atoms with van der Waals surface area (Å²) in [7, 11) is 0. The van der Waals surface area contributed by atoms with Gasteiger partial charge in [-0.05, 0) is 61.5 Å². The molecule has 1 heterocycles. The third-order valence-electron chi connectivity index (χ3n) is 4.81. The van der Waals surface area contributed by atoms with Crippen LogP contribution in [0.2, 0.25) is 5.02 Å². The van der Waals surface area contributed by atoms with Crippen molar-refractivity contribution in [3.63, 3.8) is 0 Å². The minimum atomic E-state index is -4.48. The summed E-state index contributed by atoms with van der Waals surface area (Å²) >= 11 is 6.33. The van der Waals surface area contributed by atoms with Crippen molar-refractivity contribution in [3.8, 4) is 11.5 Å². The monoisotopic (exact) mass is 501 g/mol. The van der Waals surface area contributed by atoms with Gasteiger partial charge in [-0.3, -0.25) is 0 Å². The Morgan fingerprint density at radius 2 is 1.83 bits per heavy atom. The Bertz CT molecular complexity index is 1380. The number of nitrogens with one attached hydrogen (secondary N) is 3. The van der Waals surface area contributed by atoms with Crippen LogP contribution in [0.4, 0.5) is 35.2 Å². The molecule has 11 heteroatoms. The molecule has 0 atom stereocenters. The third-order valence-corrected chi connectivity index (χ3v) is 5.11. The molecular weight excluding hydrogens is 483 g/mol. The predicted octanol–water partition coefficient (Wildman–Crippen LogP) is 6.98. The quantitative estimate of drug-likeness (QED) is 0.265. The van der Waals surface area contributed by atoms with E-state index in [0.717, 1.165) is 12.1 Å². The second-order valence-corrected chi connectivity index (χ2v) is 7.74. The summed E-state index contributed by atoms with van der Waals surface area (Å²) in [5.74, 6) is 0.672. The van der Waals surface area contributed by atoms with E-state index in [0.29, 0.717) is 34.6 Å². The van der Waals surface area contributed by atoms with Gasteiger partial charge in [0.25, 0.3) is 0 Å². The van der Waals surface area contributed by atoms with Crippen LogP contribution in [0.1, 0.15) is 12.5 Å². The van der Waals surface area contributed by atoms with Crippen LogP contribution in [-0.4, -0.2) is 22.5 Å². The molecule has 2 amide bonds. The van der Waals surface area contributed by atoms with Crippen molar-refractivity contribution in [2.45, 2.75) is 13.1 Å². The second kappa shape index (κ2) is 10.1. The summed E-state index contributed by atoms with van der Waals surface area (Å²) in [4.78, 5) is 20.4. The first kappa shape index (κ1) is 24.1. The Kier molecular flexibility index (Phi) is 6.92. The first-order chi connectivity index (χ1) is 16.7. The van der Waals surface area contributed by atoms with E-state index in [1.165, 1.54) is 24.5 Å². The zero-order chi connectivity index (χ0) is 25.0. The number of rotatable bonds is 6. The maximum atomic E-state index is 13.0. The molecule has 0 saturated heterocycles. The maximum Gasteiger partial charge on any atom is 0.416 e. The number of carbonyl (C=O) groups is 1. The van der Waals surface area contributed by atoms with Crippen molar-refractivity contribution in [1.29, 1.82) is 0 Å². The standard InChI is InChI=1S/C24H19ClF3N5O2/c1-2-29-23(34)33-15-6-8-20-18(11-15)22(31-13-30-20)32-16-7-9-21(19(25)12-16)35-17-5-3-4-14(10-17)24(26,27)28/h3-13H,2H2,1H3,(H2,29,33,34)(H,30,31,32). The van der Waals surface area contributed by atoms with Crippen LogP contribution >= 0.6 is 11.6 Å². The summed E-state index contributed by atoms with van der Waals surface area (Å²) < 4.78 is 44.4. The number of nitrogens with zero attached hydrogens (tertiary/aromatic N) is 2. The average Bonchev–Trinajstić information content (AvgIpc) is 2.81. The molecule has 0 saturated carbocycles. The van der Waals surface area contributed by atoms with Crippen molar-refractivity contribution >= 4 is 45.7 Å². The number of fused-ring (bicyclic) bond motifs is 1. The number of ether oxygens (including phenoxy) is 1. The summed E-state index contributed by atoms with van der Waals surface area (Å²) in [5, 5.41) is 9.38. The van der Waals surface area contributed by atoms with Crippen molar-refractivity contribution in [3.05, 3.63) is 77.6 Å². The molecule has 1 aromatic heterocycles. The molecule has 0 fully saturated rings. The van der Waals surface area contributed by atoms with E-state index >= 15 is 0 Å². The molecule has 180 valence electrons. The second-order valence-electron chi connectivity index (χ2n) is 7.34. The minimum Gasteiger partial charge on any atom is -0.456 e. The molecule has 0 spiro atoms. The highest BCUT2D eigenvalue weighted by Gasteiger charge is 2.30. The van der Waals surface area contributed by atoms with Gasteiger partial charge in [-0.15, -0.1) is 0 Å². The number of alkyl halides is 3. The van der Waals surface area contributed by atoms with E-state index in [1.807, 2.05) is 6.92 Å². The number of urea groups is 1. The number of hydrogen-bond donors (Lipinski definition) is 3. The van der Waals surface area contributed by atoms with Crippen molar-refractivity contribution in [1.82, 2.24) is 15.3 Å². The Balaban J connectivity index is 1.55. The van der Waals surface area contributed by atoms with E-state index in [-0.39, 0.29) is 22.6 Å². The van der Waals surface area contributed by atoms with Crippen LogP contribution in [0, 0.1) is 0 Å². The van der Waals surface area contributed by atoms with Crippen molar-refractivity contribution in [2.75, 3.05) is 17.2 Å². The third kappa shape index (κ3) is 5.90. The molecule has 3 aromatic carbocycles. The van der Waals surface area contributed by atoms with Crippen molar-refractivity contribution < 1.29 is 22.7 Å². The smallest absolute Gasteiger partial charge is 0.416 e. The van der Waals surface area contributed by atoms with E-state index in [2.05, 4.69) is 25.9 Å². The molecule has 4 rings (SSSR count). The van der Waals surface area contributed by atoms with E-state index < -0.39 is 11.7 Å². The lowest BCUT2D eigenvalue weighted by Gasteiger charge is -2.13. The van der Waals surface area contributed by atoms with Gasteiger partial charge in [-0.2, -0.15) is 13.2 Å². The number of benzene rings is 3. The lowest BCUT2D eigenvalue weighted by Crippen LogP contribution is -2.28. The summed E-state index contributed by atoms with van der Waals surface area (Å²) in [6.07, 6.45) is -3.08. The van der Waals surface area contributed by atoms with Gasteiger partial charge in [0.15, 0.2) is 0 Å². The molecule has 3 N–H and O–H groups in total. The molecule has 0 aliphatic rings. The molecule has 0 unspecified atom stereocenters. The van der Waals surface area contributed by atoms with Crippen LogP contribution in [0.3, 0.4) is 0 Å². The van der Waals surface area contributed by atoms with Crippen LogP contribution < -0.4 is 20.7 Å². The highest BCUT2D eigenvalue weighted by atomic mass is 35.5. The normalized spacial score (nSPS) is 11.2. The SMILES string of the molecule is CCNC(=O)Nc1ccc2ncnc(Nc3ccc(Oc4cccc(C(F)(F)F)c4)c(Cl)c3)c2c1. The van der Waals surface area contributed by atoms with E-state index in [4.69, 9.17) is 16.3 Å². The van der Waals surface area contributed by atoms with Gasteiger partial charge in [0.2, 0.25) is 0 Å². The van der Waals surface area contributed by atoms with Crippen LogP contribution in [0.25, 0.3) is 10.9 Å². The molecule has 35 heavy (non-hydrogen) atoms. The summed E-state index contributed by atoms with van der Waals surface area (Å²) in [6, 6.07) is 14.2. The zero-order valence-corrected chi connectivity index (χ0v) is 19.0. The highest BCUT2D eigenvalue weighted by molar-refractivity contribution is 6.32. The number of hydrogen-bond acceptors (Lipinski definition) is 5. The summed E-state index contributed by atoms with van der Waals surface area (Å²) in [6.45, 7) is 2.31. The molecule has 7 nitrogen and oxygen atoms in total. The van der Waals surface area contributed by atoms with Crippen molar-refractivity contribution in [2.24, 2.45) is 0 Å². The molecule has 0 aliphatic carbocycles. The number of aromatic nitrogens is 2. The minimum absolute atomic E-state index is 0.0105. The van der Waals surface area contributed by atoms with E-state index in [9.17, 15) is 18.0 Å². The van der Waals surface area contributed by atoms with Crippen LogP contribution in [0.5, 0.6) is 11.5 Å². The van der Waals surface area contributed by atoms with Crippen LogP contribution in [-0.2, 0) is 6.18 Å². The Morgan fingerprint density at radius 1 is 1.03 bits per heavy atom. The topological polar surface area (TPSA) is 88.2 Å². The van der Waals surface area contributed by atoms with Crippen LogP contribution in [0.15, 0.2) is 67.0 Å². The lowest BCUT2D eigenvalue weighted by molar-refractivity contribution is -0.137. The molecule has 0 aliphatic heterocycles. The fraction of sp³-hybridized carbons (Fsp3) is 0.125. The lowest BCUT2D eigenvalue weighted by atomic mass is 10.2. The van der Waals surface area contributed by atoms with Gasteiger partial charge in [0.1, 0.15) is 23.6 Å². The molecule has 0 bridgehead atoms. The zero-order valence-electron chi connectivity index (χ0n) is 18.3.